The maximum atomic E-state index is 12.5. The highest BCUT2D eigenvalue weighted by Gasteiger charge is 2.18. The topological polar surface area (TPSA) is 98.8 Å². The van der Waals surface area contributed by atoms with Gasteiger partial charge in [-0.1, -0.05) is 6.07 Å². The van der Waals surface area contributed by atoms with E-state index in [2.05, 4.69) is 30.5 Å². The molecular formula is C15H14F2N6O2. The summed E-state index contributed by atoms with van der Waals surface area (Å²) in [5.41, 5.74) is 1.11. The van der Waals surface area contributed by atoms with E-state index in [4.69, 9.17) is 9.15 Å². The zero-order chi connectivity index (χ0) is 17.6. The molecule has 0 saturated carbocycles. The minimum absolute atomic E-state index is 0.0694. The van der Waals surface area contributed by atoms with Gasteiger partial charge >= 0.3 is 6.43 Å². The molecule has 0 fully saturated rings. The van der Waals surface area contributed by atoms with Crippen LogP contribution in [0.2, 0.25) is 0 Å². The van der Waals surface area contributed by atoms with E-state index in [1.807, 2.05) is 18.2 Å². The molecule has 0 bridgehead atoms. The van der Waals surface area contributed by atoms with Gasteiger partial charge in [-0.05, 0) is 12.1 Å². The van der Waals surface area contributed by atoms with Crippen molar-refractivity contribution in [2.24, 2.45) is 0 Å². The molecule has 0 saturated heterocycles. The predicted octanol–water partition coefficient (Wildman–Crippen LogP) is 2.66. The smallest absolute Gasteiger partial charge is 0.314 e. The predicted molar refractivity (Wildman–Crippen MR) is 82.8 cm³/mol. The fourth-order valence-corrected chi connectivity index (χ4v) is 2.06. The van der Waals surface area contributed by atoms with Crippen LogP contribution in [0.5, 0.6) is 0 Å². The highest BCUT2D eigenvalue weighted by molar-refractivity contribution is 5.50. The molecule has 0 amide bonds. The second-order valence-electron chi connectivity index (χ2n) is 4.95. The molecule has 3 aromatic rings. The van der Waals surface area contributed by atoms with Gasteiger partial charge in [0.1, 0.15) is 0 Å². The summed E-state index contributed by atoms with van der Waals surface area (Å²) in [5.74, 6) is -0.488. The van der Waals surface area contributed by atoms with Crippen molar-refractivity contribution < 1.29 is 17.9 Å². The Hall–Kier alpha value is -3.01. The van der Waals surface area contributed by atoms with Gasteiger partial charge in [-0.3, -0.25) is 4.98 Å². The van der Waals surface area contributed by atoms with Gasteiger partial charge in [0, 0.05) is 25.7 Å². The molecular weight excluding hydrogens is 334 g/mol. The zero-order valence-electron chi connectivity index (χ0n) is 13.1. The summed E-state index contributed by atoms with van der Waals surface area (Å²) in [5, 5.41) is 9.91. The second-order valence-corrected chi connectivity index (χ2v) is 4.95. The Morgan fingerprint density at radius 1 is 1.16 bits per heavy atom. The Kier molecular flexibility index (Phi) is 5.19. The third-order valence-electron chi connectivity index (χ3n) is 3.21. The van der Waals surface area contributed by atoms with Crippen molar-refractivity contribution in [3.05, 3.63) is 48.4 Å². The van der Waals surface area contributed by atoms with Crippen LogP contribution in [0.25, 0.3) is 11.5 Å². The average molecular weight is 348 g/mol. The molecule has 0 aliphatic carbocycles. The van der Waals surface area contributed by atoms with Crippen molar-refractivity contribution in [3.63, 3.8) is 0 Å². The van der Waals surface area contributed by atoms with Crippen LogP contribution in [0.3, 0.4) is 0 Å². The van der Waals surface area contributed by atoms with E-state index in [0.717, 1.165) is 5.69 Å². The number of anilines is 1. The number of rotatable bonds is 7. The summed E-state index contributed by atoms with van der Waals surface area (Å²) >= 11 is 0. The molecule has 0 aliphatic rings. The first-order valence-corrected chi connectivity index (χ1v) is 7.27. The summed E-state index contributed by atoms with van der Waals surface area (Å²) in [6.45, 7) is 0.365. The van der Waals surface area contributed by atoms with E-state index in [1.54, 1.807) is 13.3 Å². The van der Waals surface area contributed by atoms with Crippen LogP contribution in [0, 0.1) is 0 Å². The van der Waals surface area contributed by atoms with Gasteiger partial charge in [0.15, 0.2) is 0 Å². The van der Waals surface area contributed by atoms with Gasteiger partial charge in [-0.15, -0.1) is 10.2 Å². The second kappa shape index (κ2) is 7.71. The number of pyridine rings is 1. The fourth-order valence-electron chi connectivity index (χ4n) is 2.06. The minimum atomic E-state index is -2.82. The molecule has 1 atom stereocenters. The van der Waals surface area contributed by atoms with E-state index in [0.29, 0.717) is 18.1 Å². The van der Waals surface area contributed by atoms with Crippen molar-refractivity contribution in [2.75, 3.05) is 19.0 Å². The lowest BCUT2D eigenvalue weighted by molar-refractivity contribution is 0.116. The highest BCUT2D eigenvalue weighted by Crippen LogP contribution is 2.23. The molecule has 8 nitrogen and oxygen atoms in total. The van der Waals surface area contributed by atoms with Gasteiger partial charge in [0.05, 0.1) is 23.9 Å². The largest absolute Gasteiger partial charge is 0.415 e. The van der Waals surface area contributed by atoms with Crippen molar-refractivity contribution >= 4 is 5.95 Å². The van der Waals surface area contributed by atoms with Crippen LogP contribution in [0.1, 0.15) is 24.1 Å². The maximum Gasteiger partial charge on any atom is 0.314 e. The summed E-state index contributed by atoms with van der Waals surface area (Å²) < 4.78 is 35.0. The Balaban J connectivity index is 1.74. The van der Waals surface area contributed by atoms with Crippen LogP contribution in [-0.2, 0) is 4.74 Å². The number of nitrogens with zero attached hydrogens (tertiary/aromatic N) is 5. The van der Waals surface area contributed by atoms with Gasteiger partial charge < -0.3 is 14.5 Å². The molecule has 0 aliphatic heterocycles. The number of ether oxygens (including phenoxy) is 1. The molecule has 25 heavy (non-hydrogen) atoms. The van der Waals surface area contributed by atoms with Gasteiger partial charge in [-0.25, -0.2) is 9.97 Å². The van der Waals surface area contributed by atoms with Gasteiger partial charge in [0.25, 0.3) is 11.8 Å². The van der Waals surface area contributed by atoms with E-state index < -0.39 is 12.3 Å². The zero-order valence-corrected chi connectivity index (χ0v) is 13.1. The minimum Gasteiger partial charge on any atom is -0.415 e. The summed E-state index contributed by atoms with van der Waals surface area (Å²) in [6.07, 6.45) is 1.66. The normalized spacial score (nSPS) is 12.3. The third kappa shape index (κ3) is 4.10. The molecule has 1 N–H and O–H groups in total. The number of methoxy groups -OCH3 is 1. The van der Waals surface area contributed by atoms with Crippen molar-refractivity contribution in [1.82, 2.24) is 25.1 Å². The molecule has 3 rings (SSSR count). The van der Waals surface area contributed by atoms with E-state index in [1.165, 1.54) is 12.4 Å². The molecule has 10 heteroatoms. The Morgan fingerprint density at radius 2 is 1.96 bits per heavy atom. The Morgan fingerprint density at radius 3 is 2.56 bits per heavy atom. The Bertz CT molecular complexity index is 797. The number of alkyl halides is 2. The maximum absolute atomic E-state index is 12.5. The molecule has 130 valence electrons. The number of nitrogens with one attached hydrogen (secondary N) is 1. The first kappa shape index (κ1) is 16.8. The van der Waals surface area contributed by atoms with Crippen molar-refractivity contribution in [3.8, 4) is 11.5 Å². The van der Waals surface area contributed by atoms with Crippen LogP contribution >= 0.6 is 0 Å². The van der Waals surface area contributed by atoms with Crippen molar-refractivity contribution in [1.29, 1.82) is 0 Å². The molecule has 1 unspecified atom stereocenters. The first-order valence-electron chi connectivity index (χ1n) is 7.27. The fraction of sp³-hybridized carbons (Fsp3) is 0.267. The SMILES string of the molecule is COCC(Nc1ncc(-c2nnc(C(F)F)o2)cn1)c1ccccn1. The standard InChI is InChI=1S/C15H14F2N6O2/c1-24-8-11(10-4-2-3-5-18-10)21-15-19-6-9(7-20-15)13-22-23-14(25-13)12(16)17/h2-7,11-12H,8H2,1H3,(H,19,20,21). The molecule has 0 radical (unpaired) electrons. The first-order chi connectivity index (χ1) is 12.2. The van der Waals surface area contributed by atoms with E-state index >= 15 is 0 Å². The van der Waals surface area contributed by atoms with Gasteiger partial charge in [0.2, 0.25) is 5.95 Å². The summed E-state index contributed by atoms with van der Waals surface area (Å²) in [6, 6.07) is 5.30. The third-order valence-corrected chi connectivity index (χ3v) is 3.21. The quantitative estimate of drug-likeness (QED) is 0.696. The molecule has 0 spiro atoms. The monoisotopic (exact) mass is 348 g/mol. The lowest BCUT2D eigenvalue weighted by Crippen LogP contribution is -2.18. The molecule has 3 aromatic heterocycles. The lowest BCUT2D eigenvalue weighted by Gasteiger charge is -2.17. The van der Waals surface area contributed by atoms with Crippen LogP contribution in [0.15, 0.2) is 41.2 Å². The number of hydrogen-bond acceptors (Lipinski definition) is 8. The Labute approximate surface area is 141 Å². The van der Waals surface area contributed by atoms with E-state index in [-0.39, 0.29) is 11.9 Å². The van der Waals surface area contributed by atoms with Crippen LogP contribution in [-0.4, -0.2) is 38.9 Å². The van der Waals surface area contributed by atoms with Gasteiger partial charge in [-0.2, -0.15) is 8.78 Å². The lowest BCUT2D eigenvalue weighted by atomic mass is 10.2. The van der Waals surface area contributed by atoms with Crippen LogP contribution in [0.4, 0.5) is 14.7 Å². The van der Waals surface area contributed by atoms with Crippen molar-refractivity contribution in [2.45, 2.75) is 12.5 Å². The molecule has 0 aromatic carbocycles. The van der Waals surface area contributed by atoms with E-state index in [9.17, 15) is 8.78 Å². The summed E-state index contributed by atoms with van der Waals surface area (Å²) in [4.78, 5) is 12.5. The number of aromatic nitrogens is 5. The highest BCUT2D eigenvalue weighted by atomic mass is 19.3. The average Bonchev–Trinajstić information content (AvgIpc) is 3.13. The number of hydrogen-bond donors (Lipinski definition) is 1. The molecule has 3 heterocycles. The van der Waals surface area contributed by atoms with Crippen LogP contribution < -0.4 is 5.32 Å². The number of halogens is 2. The summed E-state index contributed by atoms with van der Waals surface area (Å²) in [7, 11) is 1.58.